The SMILES string of the molecule is C[C@@H](OC(=O)Cc1ccc(Cl)cc1Cl)C(=O)Nc1cc(C(F)(F)F)ccc1Cl. The molecule has 1 amide bonds. The molecule has 2 aromatic carbocycles. The van der Waals surface area contributed by atoms with Gasteiger partial charge in [0.25, 0.3) is 5.91 Å². The number of carbonyl (C=O) groups excluding carboxylic acids is 2. The minimum absolute atomic E-state index is 0.0900. The summed E-state index contributed by atoms with van der Waals surface area (Å²) in [6.07, 6.45) is -6.08. The summed E-state index contributed by atoms with van der Waals surface area (Å²) in [5.41, 5.74) is -0.774. The Hall–Kier alpha value is -1.96. The van der Waals surface area contributed by atoms with E-state index in [9.17, 15) is 22.8 Å². The van der Waals surface area contributed by atoms with Gasteiger partial charge in [0.05, 0.1) is 22.7 Å². The number of hydrogen-bond acceptors (Lipinski definition) is 3. The van der Waals surface area contributed by atoms with Crippen LogP contribution in [-0.2, 0) is 26.9 Å². The van der Waals surface area contributed by atoms with Crippen LogP contribution in [0.5, 0.6) is 0 Å². The Morgan fingerprint density at radius 3 is 2.36 bits per heavy atom. The molecule has 0 saturated carbocycles. The van der Waals surface area contributed by atoms with E-state index in [2.05, 4.69) is 5.32 Å². The van der Waals surface area contributed by atoms with Crippen molar-refractivity contribution < 1.29 is 27.5 Å². The number of esters is 1. The van der Waals surface area contributed by atoms with Crippen LogP contribution in [0.2, 0.25) is 15.1 Å². The quantitative estimate of drug-likeness (QED) is 0.583. The van der Waals surface area contributed by atoms with Gasteiger partial charge in [-0.05, 0) is 42.8 Å². The van der Waals surface area contributed by atoms with Crippen molar-refractivity contribution in [2.45, 2.75) is 25.6 Å². The Morgan fingerprint density at radius 1 is 1.07 bits per heavy atom. The molecule has 0 saturated heterocycles. The Kier molecular flexibility index (Phi) is 7.20. The number of amides is 1. The lowest BCUT2D eigenvalue weighted by Crippen LogP contribution is -2.30. The van der Waals surface area contributed by atoms with Gasteiger partial charge < -0.3 is 10.1 Å². The van der Waals surface area contributed by atoms with Crippen LogP contribution in [0.15, 0.2) is 36.4 Å². The predicted octanol–water partition coefficient (Wildman–Crippen LogP) is 5.78. The van der Waals surface area contributed by atoms with E-state index in [1.165, 1.54) is 13.0 Å². The van der Waals surface area contributed by atoms with E-state index in [1.807, 2.05) is 0 Å². The van der Waals surface area contributed by atoms with E-state index >= 15 is 0 Å². The fourth-order valence-corrected chi connectivity index (χ4v) is 2.78. The van der Waals surface area contributed by atoms with E-state index in [0.717, 1.165) is 12.1 Å². The van der Waals surface area contributed by atoms with Crippen LogP contribution in [0.3, 0.4) is 0 Å². The van der Waals surface area contributed by atoms with E-state index in [4.69, 9.17) is 39.5 Å². The Balaban J connectivity index is 2.02. The topological polar surface area (TPSA) is 55.4 Å². The summed E-state index contributed by atoms with van der Waals surface area (Å²) < 4.78 is 43.4. The number of alkyl halides is 3. The monoisotopic (exact) mass is 453 g/mol. The van der Waals surface area contributed by atoms with Crippen molar-refractivity contribution in [3.63, 3.8) is 0 Å². The van der Waals surface area contributed by atoms with Crippen LogP contribution in [-0.4, -0.2) is 18.0 Å². The molecule has 1 atom stereocenters. The number of rotatable bonds is 5. The van der Waals surface area contributed by atoms with Crippen molar-refractivity contribution >= 4 is 52.4 Å². The predicted molar refractivity (Wildman–Crippen MR) is 101 cm³/mol. The molecule has 0 aromatic heterocycles. The fourth-order valence-electron chi connectivity index (χ4n) is 2.14. The molecule has 0 aliphatic carbocycles. The van der Waals surface area contributed by atoms with E-state index in [0.29, 0.717) is 16.7 Å². The third kappa shape index (κ3) is 6.02. The zero-order valence-corrected chi connectivity index (χ0v) is 16.5. The standard InChI is InChI=1S/C18H13Cl3F3NO3/c1-9(28-16(26)6-10-2-4-12(19)8-14(10)21)17(27)25-15-7-11(18(22,23)24)3-5-13(15)20/h2-5,7-9H,6H2,1H3,(H,25,27)/t9-/m1/s1. The van der Waals surface area contributed by atoms with Crippen molar-refractivity contribution in [2.24, 2.45) is 0 Å². The number of benzene rings is 2. The van der Waals surface area contributed by atoms with Gasteiger partial charge in [0, 0.05) is 10.0 Å². The number of hydrogen-bond donors (Lipinski definition) is 1. The van der Waals surface area contributed by atoms with Crippen LogP contribution in [0.4, 0.5) is 18.9 Å². The molecule has 0 radical (unpaired) electrons. The number of halogens is 6. The summed E-state index contributed by atoms with van der Waals surface area (Å²) in [4.78, 5) is 24.2. The van der Waals surface area contributed by atoms with Gasteiger partial charge in [0.1, 0.15) is 0 Å². The molecule has 2 aromatic rings. The maximum absolute atomic E-state index is 12.8. The second-order valence-electron chi connectivity index (χ2n) is 5.73. The van der Waals surface area contributed by atoms with Gasteiger partial charge in [0.15, 0.2) is 6.10 Å². The lowest BCUT2D eigenvalue weighted by molar-refractivity contribution is -0.152. The van der Waals surface area contributed by atoms with E-state index < -0.39 is 29.7 Å². The Labute approximate surface area is 173 Å². The van der Waals surface area contributed by atoms with Crippen LogP contribution < -0.4 is 5.32 Å². The summed E-state index contributed by atoms with van der Waals surface area (Å²) in [5.74, 6) is -1.58. The second-order valence-corrected chi connectivity index (χ2v) is 6.98. The first-order chi connectivity index (χ1) is 13.0. The smallest absolute Gasteiger partial charge is 0.416 e. The molecule has 0 unspecified atom stereocenters. The maximum atomic E-state index is 12.8. The van der Waals surface area contributed by atoms with Crippen LogP contribution in [0, 0.1) is 0 Å². The highest BCUT2D eigenvalue weighted by Gasteiger charge is 2.31. The molecule has 0 aliphatic heterocycles. The number of carbonyl (C=O) groups is 2. The first-order valence-electron chi connectivity index (χ1n) is 7.78. The third-order valence-corrected chi connectivity index (χ3v) is 4.50. The molecule has 4 nitrogen and oxygen atoms in total. The van der Waals surface area contributed by atoms with Gasteiger partial charge in [-0.2, -0.15) is 13.2 Å². The summed E-state index contributed by atoms with van der Waals surface area (Å²) in [7, 11) is 0. The van der Waals surface area contributed by atoms with E-state index in [1.54, 1.807) is 12.1 Å². The van der Waals surface area contributed by atoms with Crippen molar-refractivity contribution in [2.75, 3.05) is 5.32 Å². The summed E-state index contributed by atoms with van der Waals surface area (Å²) >= 11 is 17.6. The van der Waals surface area contributed by atoms with Crippen molar-refractivity contribution in [1.29, 1.82) is 0 Å². The third-order valence-electron chi connectivity index (χ3n) is 3.58. The first kappa shape index (κ1) is 22.3. The zero-order valence-electron chi connectivity index (χ0n) is 14.2. The van der Waals surface area contributed by atoms with Gasteiger partial charge in [-0.25, -0.2) is 0 Å². The molecule has 0 heterocycles. The Bertz CT molecular complexity index is 903. The van der Waals surface area contributed by atoms with Crippen molar-refractivity contribution in [3.8, 4) is 0 Å². The highest BCUT2D eigenvalue weighted by Crippen LogP contribution is 2.34. The molecule has 150 valence electrons. The van der Waals surface area contributed by atoms with Crippen LogP contribution in [0.25, 0.3) is 0 Å². The molecule has 0 fully saturated rings. The normalized spacial score (nSPS) is 12.4. The lowest BCUT2D eigenvalue weighted by atomic mass is 10.1. The van der Waals surface area contributed by atoms with Gasteiger partial charge in [-0.1, -0.05) is 40.9 Å². The molecular formula is C18H13Cl3F3NO3. The minimum Gasteiger partial charge on any atom is -0.452 e. The fraction of sp³-hybridized carbons (Fsp3) is 0.222. The van der Waals surface area contributed by atoms with Gasteiger partial charge >= 0.3 is 12.1 Å². The molecule has 2 rings (SSSR count). The van der Waals surface area contributed by atoms with Crippen molar-refractivity contribution in [3.05, 3.63) is 62.6 Å². The number of ether oxygens (including phenoxy) is 1. The maximum Gasteiger partial charge on any atom is 0.416 e. The summed E-state index contributed by atoms with van der Waals surface area (Å²) in [6.45, 7) is 1.28. The van der Waals surface area contributed by atoms with Crippen molar-refractivity contribution in [1.82, 2.24) is 0 Å². The molecule has 0 aliphatic rings. The zero-order chi connectivity index (χ0) is 21.1. The lowest BCUT2D eigenvalue weighted by Gasteiger charge is -2.16. The van der Waals surface area contributed by atoms with Gasteiger partial charge in [-0.15, -0.1) is 0 Å². The summed E-state index contributed by atoms with van der Waals surface area (Å²) in [6, 6.07) is 7.04. The van der Waals surface area contributed by atoms with Crippen LogP contribution in [0.1, 0.15) is 18.1 Å². The molecule has 1 N–H and O–H groups in total. The first-order valence-corrected chi connectivity index (χ1v) is 8.92. The molecule has 28 heavy (non-hydrogen) atoms. The number of anilines is 1. The molecule has 0 bridgehead atoms. The number of nitrogens with one attached hydrogen (secondary N) is 1. The largest absolute Gasteiger partial charge is 0.452 e. The molecule has 10 heteroatoms. The second kappa shape index (κ2) is 9.03. The van der Waals surface area contributed by atoms with E-state index in [-0.39, 0.29) is 22.2 Å². The minimum atomic E-state index is -4.60. The van der Waals surface area contributed by atoms with Crippen LogP contribution >= 0.6 is 34.8 Å². The average Bonchev–Trinajstić information content (AvgIpc) is 2.58. The highest BCUT2D eigenvalue weighted by molar-refractivity contribution is 6.35. The summed E-state index contributed by atoms with van der Waals surface area (Å²) in [5, 5.41) is 2.79. The van der Waals surface area contributed by atoms with Gasteiger partial charge in [0.2, 0.25) is 0 Å². The molecule has 0 spiro atoms. The Morgan fingerprint density at radius 2 is 1.75 bits per heavy atom. The average molecular weight is 455 g/mol. The highest BCUT2D eigenvalue weighted by atomic mass is 35.5. The molecular weight excluding hydrogens is 442 g/mol. The van der Waals surface area contributed by atoms with Gasteiger partial charge in [-0.3, -0.25) is 9.59 Å².